The van der Waals surface area contributed by atoms with Crippen molar-refractivity contribution < 1.29 is 14.9 Å². The number of hydrogen-bond acceptors (Lipinski definition) is 3. The first-order valence-electron chi connectivity index (χ1n) is 7.19. The monoisotopic (exact) mass is 252 g/mol. The molecule has 6 unspecified atom stereocenters. The summed E-state index contributed by atoms with van der Waals surface area (Å²) in [5.41, 5.74) is 0.648. The van der Waals surface area contributed by atoms with E-state index in [-0.39, 0.29) is 6.10 Å². The Balaban J connectivity index is 2.07. The molecule has 102 valence electrons. The number of rotatable bonds is 1. The van der Waals surface area contributed by atoms with Gasteiger partial charge in [0, 0.05) is 5.92 Å². The van der Waals surface area contributed by atoms with E-state index in [9.17, 15) is 5.11 Å². The third-order valence-corrected chi connectivity index (χ3v) is 5.40. The fraction of sp³-hybridized carbons (Fsp3) is 0.867. The van der Waals surface area contributed by atoms with Gasteiger partial charge in [-0.25, -0.2) is 9.78 Å². The van der Waals surface area contributed by atoms with Crippen molar-refractivity contribution in [2.75, 3.05) is 0 Å². The van der Waals surface area contributed by atoms with Crippen molar-refractivity contribution in [1.82, 2.24) is 0 Å². The topological polar surface area (TPSA) is 38.7 Å². The molecule has 2 aliphatic carbocycles. The van der Waals surface area contributed by atoms with Crippen molar-refractivity contribution >= 4 is 0 Å². The fourth-order valence-electron chi connectivity index (χ4n) is 4.19. The Morgan fingerprint density at radius 2 is 2.11 bits per heavy atom. The predicted octanol–water partition coefficient (Wildman–Crippen LogP) is 2.69. The largest absolute Gasteiger partial charge is 0.386 e. The molecule has 1 saturated heterocycles. The Hall–Kier alpha value is -0.380. The van der Waals surface area contributed by atoms with Crippen LogP contribution in [0.25, 0.3) is 0 Å². The Morgan fingerprint density at radius 1 is 1.39 bits per heavy atom. The van der Waals surface area contributed by atoms with Gasteiger partial charge < -0.3 is 5.11 Å². The molecule has 4 aliphatic rings. The van der Waals surface area contributed by atoms with Gasteiger partial charge in [-0.3, -0.25) is 0 Å². The third-order valence-electron chi connectivity index (χ3n) is 5.40. The summed E-state index contributed by atoms with van der Waals surface area (Å²) in [5.74, 6) is 1.95. The minimum atomic E-state index is -0.567. The first kappa shape index (κ1) is 12.6. The molecule has 4 rings (SSSR count). The van der Waals surface area contributed by atoms with E-state index in [1.165, 1.54) is 12.0 Å². The molecule has 2 aliphatic heterocycles. The van der Waals surface area contributed by atoms with E-state index in [0.29, 0.717) is 23.7 Å². The molecule has 3 heteroatoms. The molecule has 2 bridgehead atoms. The average Bonchev–Trinajstić information content (AvgIpc) is 2.61. The second-order valence-corrected chi connectivity index (χ2v) is 6.79. The minimum absolute atomic E-state index is 0.0396. The van der Waals surface area contributed by atoms with Crippen LogP contribution < -0.4 is 0 Å². The third kappa shape index (κ3) is 1.54. The Labute approximate surface area is 109 Å². The Bertz CT molecular complexity index is 376. The molecule has 0 aromatic carbocycles. The van der Waals surface area contributed by atoms with Crippen LogP contribution in [0, 0.1) is 23.7 Å². The van der Waals surface area contributed by atoms with E-state index in [0.717, 1.165) is 6.42 Å². The summed E-state index contributed by atoms with van der Waals surface area (Å²) in [6.45, 7) is 8.64. The van der Waals surface area contributed by atoms with Crippen LogP contribution in [-0.4, -0.2) is 22.9 Å². The molecule has 6 atom stereocenters. The van der Waals surface area contributed by atoms with Crippen LogP contribution in [0.4, 0.5) is 0 Å². The summed E-state index contributed by atoms with van der Waals surface area (Å²) in [5, 5.41) is 10.5. The summed E-state index contributed by atoms with van der Waals surface area (Å²) in [7, 11) is 0. The van der Waals surface area contributed by atoms with Gasteiger partial charge in [0.1, 0.15) is 17.8 Å². The SMILES string of the molecule is CC(C)C1=CC(O)C2(C)OOC1C1C(C)CCC12. The van der Waals surface area contributed by atoms with Crippen LogP contribution in [0.15, 0.2) is 11.6 Å². The maximum absolute atomic E-state index is 10.5. The average molecular weight is 252 g/mol. The molecule has 0 aromatic heterocycles. The van der Waals surface area contributed by atoms with Crippen molar-refractivity contribution in [3.05, 3.63) is 11.6 Å². The van der Waals surface area contributed by atoms with Gasteiger partial charge in [-0.15, -0.1) is 0 Å². The molecule has 1 N–H and O–H groups in total. The normalized spacial score (nSPS) is 51.2. The summed E-state index contributed by atoms with van der Waals surface area (Å²) in [6.07, 6.45) is 3.83. The lowest BCUT2D eigenvalue weighted by atomic mass is 9.74. The lowest BCUT2D eigenvalue weighted by Gasteiger charge is -2.45. The first-order valence-corrected chi connectivity index (χ1v) is 7.19. The van der Waals surface area contributed by atoms with Gasteiger partial charge in [0.2, 0.25) is 0 Å². The van der Waals surface area contributed by atoms with Crippen LogP contribution in [0.1, 0.15) is 40.5 Å². The number of fused-ring (bicyclic) bond motifs is 2. The molecule has 1 saturated carbocycles. The molecule has 0 amide bonds. The molecule has 0 spiro atoms. The van der Waals surface area contributed by atoms with Crippen LogP contribution in [-0.2, 0) is 9.78 Å². The van der Waals surface area contributed by atoms with E-state index in [1.807, 2.05) is 13.0 Å². The molecule has 0 radical (unpaired) electrons. The standard InChI is InChI=1S/C15H24O3/c1-8(2)10-7-12(16)15(4)11-6-5-9(3)13(11)14(10)17-18-15/h7-9,11-14,16H,5-6H2,1-4H3. The highest BCUT2D eigenvalue weighted by Crippen LogP contribution is 2.55. The Morgan fingerprint density at radius 3 is 2.78 bits per heavy atom. The predicted molar refractivity (Wildman–Crippen MR) is 68.7 cm³/mol. The van der Waals surface area contributed by atoms with Gasteiger partial charge in [-0.05, 0) is 43.1 Å². The highest BCUT2D eigenvalue weighted by atomic mass is 17.2. The van der Waals surface area contributed by atoms with Gasteiger partial charge >= 0.3 is 0 Å². The second-order valence-electron chi connectivity index (χ2n) is 6.79. The van der Waals surface area contributed by atoms with Crippen molar-refractivity contribution in [2.24, 2.45) is 23.7 Å². The summed E-state index contributed by atoms with van der Waals surface area (Å²) < 4.78 is 0. The smallest absolute Gasteiger partial charge is 0.133 e. The quantitative estimate of drug-likeness (QED) is 0.576. The molecule has 0 aromatic rings. The second kappa shape index (κ2) is 4.06. The van der Waals surface area contributed by atoms with Gasteiger partial charge in [0.15, 0.2) is 0 Å². The van der Waals surface area contributed by atoms with Crippen LogP contribution in [0.5, 0.6) is 0 Å². The maximum Gasteiger partial charge on any atom is 0.133 e. The van der Waals surface area contributed by atoms with Crippen molar-refractivity contribution in [3.63, 3.8) is 0 Å². The van der Waals surface area contributed by atoms with Gasteiger partial charge in [0.05, 0.1) is 0 Å². The van der Waals surface area contributed by atoms with Gasteiger partial charge in [-0.1, -0.05) is 26.8 Å². The highest BCUT2D eigenvalue weighted by Gasteiger charge is 2.59. The minimum Gasteiger partial charge on any atom is -0.386 e. The van der Waals surface area contributed by atoms with E-state index >= 15 is 0 Å². The fourth-order valence-corrected chi connectivity index (χ4v) is 4.19. The van der Waals surface area contributed by atoms with E-state index in [2.05, 4.69) is 20.8 Å². The van der Waals surface area contributed by atoms with Crippen LogP contribution in [0.3, 0.4) is 0 Å². The summed E-state index contributed by atoms with van der Waals surface area (Å²) in [6, 6.07) is 0. The van der Waals surface area contributed by atoms with Crippen LogP contribution in [0.2, 0.25) is 0 Å². The number of aliphatic hydroxyl groups is 1. The van der Waals surface area contributed by atoms with Crippen molar-refractivity contribution in [2.45, 2.75) is 58.3 Å². The highest BCUT2D eigenvalue weighted by molar-refractivity contribution is 5.24. The first-order chi connectivity index (χ1) is 8.45. The lowest BCUT2D eigenvalue weighted by molar-refractivity contribution is -0.432. The van der Waals surface area contributed by atoms with Gasteiger partial charge in [-0.2, -0.15) is 0 Å². The lowest BCUT2D eigenvalue weighted by Crippen LogP contribution is -2.54. The van der Waals surface area contributed by atoms with Crippen LogP contribution >= 0.6 is 0 Å². The zero-order valence-corrected chi connectivity index (χ0v) is 11.7. The number of hydrogen-bond donors (Lipinski definition) is 1. The molecule has 2 fully saturated rings. The zero-order valence-electron chi connectivity index (χ0n) is 11.7. The summed E-state index contributed by atoms with van der Waals surface area (Å²) in [4.78, 5) is 11.3. The van der Waals surface area contributed by atoms with E-state index in [4.69, 9.17) is 9.78 Å². The number of aliphatic hydroxyl groups excluding tert-OH is 1. The molecule has 18 heavy (non-hydrogen) atoms. The summed E-state index contributed by atoms with van der Waals surface area (Å²) >= 11 is 0. The van der Waals surface area contributed by atoms with E-state index < -0.39 is 11.7 Å². The van der Waals surface area contributed by atoms with Crippen molar-refractivity contribution in [3.8, 4) is 0 Å². The van der Waals surface area contributed by atoms with Crippen molar-refractivity contribution in [1.29, 1.82) is 0 Å². The maximum atomic E-state index is 10.5. The molecule has 3 nitrogen and oxygen atoms in total. The zero-order chi connectivity index (χ0) is 13.1. The molecular formula is C15H24O3. The van der Waals surface area contributed by atoms with Gasteiger partial charge in [0.25, 0.3) is 0 Å². The van der Waals surface area contributed by atoms with E-state index in [1.54, 1.807) is 0 Å². The molecule has 2 heterocycles. The molecular weight excluding hydrogens is 228 g/mol. The Kier molecular flexibility index (Phi) is 2.85.